The van der Waals surface area contributed by atoms with E-state index in [0.717, 1.165) is 0 Å². The molecule has 2 unspecified atom stereocenters. The molecule has 0 aliphatic carbocycles. The normalized spacial score (nSPS) is 25.3. The maximum atomic E-state index is 12.9. The van der Waals surface area contributed by atoms with E-state index in [2.05, 4.69) is 5.32 Å². The largest absolute Gasteiger partial charge is 0.394 e. The standard InChI is InChI=1S/C11H12FNO2/c12-8-3-1-2-7(4-8)10-5-9(6-14)13-11(10)15/h1-4,9-10,14H,5-6H2,(H,13,15). The van der Waals surface area contributed by atoms with Crippen LogP contribution in [0.1, 0.15) is 17.9 Å². The Morgan fingerprint density at radius 2 is 2.33 bits per heavy atom. The fourth-order valence-corrected chi connectivity index (χ4v) is 1.88. The first-order valence-corrected chi connectivity index (χ1v) is 4.87. The quantitative estimate of drug-likeness (QED) is 0.756. The Labute approximate surface area is 86.9 Å². The van der Waals surface area contributed by atoms with E-state index in [4.69, 9.17) is 5.11 Å². The highest BCUT2D eigenvalue weighted by Crippen LogP contribution is 2.26. The van der Waals surface area contributed by atoms with E-state index >= 15 is 0 Å². The lowest BCUT2D eigenvalue weighted by molar-refractivity contribution is -0.120. The van der Waals surface area contributed by atoms with E-state index in [1.165, 1.54) is 12.1 Å². The SMILES string of the molecule is O=C1NC(CO)CC1c1cccc(F)c1. The Bertz CT molecular complexity index is 381. The van der Waals surface area contributed by atoms with Crippen LogP contribution in [0.15, 0.2) is 24.3 Å². The molecule has 1 aliphatic rings. The van der Waals surface area contributed by atoms with Crippen molar-refractivity contribution in [3.05, 3.63) is 35.6 Å². The molecule has 3 nitrogen and oxygen atoms in total. The van der Waals surface area contributed by atoms with Crippen LogP contribution in [0.3, 0.4) is 0 Å². The minimum Gasteiger partial charge on any atom is -0.394 e. The number of carbonyl (C=O) groups is 1. The average molecular weight is 209 g/mol. The zero-order valence-electron chi connectivity index (χ0n) is 8.11. The summed E-state index contributed by atoms with van der Waals surface area (Å²) in [7, 11) is 0. The van der Waals surface area contributed by atoms with Crippen LogP contribution in [0.2, 0.25) is 0 Å². The monoisotopic (exact) mass is 209 g/mol. The first kappa shape index (κ1) is 10.1. The van der Waals surface area contributed by atoms with E-state index in [9.17, 15) is 9.18 Å². The fraction of sp³-hybridized carbons (Fsp3) is 0.364. The van der Waals surface area contributed by atoms with Crippen molar-refractivity contribution >= 4 is 5.91 Å². The number of hydrogen-bond donors (Lipinski definition) is 2. The smallest absolute Gasteiger partial charge is 0.227 e. The summed E-state index contributed by atoms with van der Waals surface area (Å²) in [5.41, 5.74) is 0.670. The molecule has 2 atom stereocenters. The predicted octanol–water partition coefficient (Wildman–Crippen LogP) is 0.790. The lowest BCUT2D eigenvalue weighted by atomic mass is 9.96. The van der Waals surface area contributed by atoms with Crippen molar-refractivity contribution in [2.75, 3.05) is 6.61 Å². The molecular formula is C11H12FNO2. The van der Waals surface area contributed by atoms with Crippen LogP contribution in [0.5, 0.6) is 0 Å². The van der Waals surface area contributed by atoms with Gasteiger partial charge >= 0.3 is 0 Å². The first-order valence-electron chi connectivity index (χ1n) is 4.87. The van der Waals surface area contributed by atoms with Crippen LogP contribution in [-0.2, 0) is 4.79 Å². The summed E-state index contributed by atoms with van der Waals surface area (Å²) in [5, 5.41) is 11.6. The summed E-state index contributed by atoms with van der Waals surface area (Å²) in [6.45, 7) is -0.0719. The number of hydrogen-bond acceptors (Lipinski definition) is 2. The van der Waals surface area contributed by atoms with Gasteiger partial charge in [-0.3, -0.25) is 4.79 Å². The highest BCUT2D eigenvalue weighted by atomic mass is 19.1. The van der Waals surface area contributed by atoms with Crippen molar-refractivity contribution in [1.82, 2.24) is 5.32 Å². The van der Waals surface area contributed by atoms with Gasteiger partial charge in [0.2, 0.25) is 5.91 Å². The highest BCUT2D eigenvalue weighted by molar-refractivity contribution is 5.86. The summed E-state index contributed by atoms with van der Waals surface area (Å²) in [4.78, 5) is 11.5. The molecule has 0 spiro atoms. The van der Waals surface area contributed by atoms with Crippen LogP contribution < -0.4 is 5.32 Å². The second-order valence-corrected chi connectivity index (χ2v) is 3.73. The van der Waals surface area contributed by atoms with Gasteiger partial charge in [0.05, 0.1) is 18.6 Å². The zero-order valence-corrected chi connectivity index (χ0v) is 8.11. The van der Waals surface area contributed by atoms with Crippen molar-refractivity contribution in [2.24, 2.45) is 0 Å². The van der Waals surface area contributed by atoms with Crippen molar-refractivity contribution in [3.63, 3.8) is 0 Å². The van der Waals surface area contributed by atoms with E-state index in [1.807, 2.05) is 0 Å². The molecule has 1 aliphatic heterocycles. The van der Waals surface area contributed by atoms with Gasteiger partial charge in [-0.15, -0.1) is 0 Å². The Balaban J connectivity index is 2.21. The number of nitrogens with one attached hydrogen (secondary N) is 1. The summed E-state index contributed by atoms with van der Waals surface area (Å²) in [6.07, 6.45) is 0.527. The third-order valence-corrected chi connectivity index (χ3v) is 2.65. The Kier molecular flexibility index (Phi) is 2.68. The molecule has 1 aromatic rings. The maximum Gasteiger partial charge on any atom is 0.227 e. The number of aliphatic hydroxyl groups excluding tert-OH is 1. The van der Waals surface area contributed by atoms with Gasteiger partial charge in [0.25, 0.3) is 0 Å². The van der Waals surface area contributed by atoms with Gasteiger partial charge in [-0.2, -0.15) is 0 Å². The third kappa shape index (κ3) is 1.99. The molecule has 1 saturated heterocycles. The minimum absolute atomic E-state index is 0.0719. The lowest BCUT2D eigenvalue weighted by Crippen LogP contribution is -2.28. The maximum absolute atomic E-state index is 12.9. The summed E-state index contributed by atoms with van der Waals surface area (Å²) in [6, 6.07) is 5.83. The van der Waals surface area contributed by atoms with E-state index in [1.54, 1.807) is 12.1 Å². The molecule has 15 heavy (non-hydrogen) atoms. The second kappa shape index (κ2) is 3.98. The number of carbonyl (C=O) groups excluding carboxylic acids is 1. The predicted molar refractivity (Wildman–Crippen MR) is 52.8 cm³/mol. The Hall–Kier alpha value is -1.42. The molecule has 2 N–H and O–H groups in total. The number of amides is 1. The summed E-state index contributed by atoms with van der Waals surface area (Å²) < 4.78 is 12.9. The van der Waals surface area contributed by atoms with Crippen LogP contribution >= 0.6 is 0 Å². The molecule has 0 saturated carbocycles. The minimum atomic E-state index is -0.340. The van der Waals surface area contributed by atoms with Crippen LogP contribution in [0, 0.1) is 5.82 Å². The molecule has 1 aromatic carbocycles. The van der Waals surface area contributed by atoms with Crippen molar-refractivity contribution in [1.29, 1.82) is 0 Å². The third-order valence-electron chi connectivity index (χ3n) is 2.65. The van der Waals surface area contributed by atoms with Crippen molar-refractivity contribution < 1.29 is 14.3 Å². The van der Waals surface area contributed by atoms with Crippen molar-refractivity contribution in [2.45, 2.75) is 18.4 Å². The Morgan fingerprint density at radius 3 is 2.93 bits per heavy atom. The fourth-order valence-electron chi connectivity index (χ4n) is 1.88. The molecule has 0 bridgehead atoms. The topological polar surface area (TPSA) is 49.3 Å². The molecule has 4 heteroatoms. The molecule has 0 aromatic heterocycles. The van der Waals surface area contributed by atoms with Gasteiger partial charge in [0.15, 0.2) is 0 Å². The highest BCUT2D eigenvalue weighted by Gasteiger charge is 2.32. The number of halogens is 1. The average Bonchev–Trinajstić information content (AvgIpc) is 2.60. The molecular weight excluding hydrogens is 197 g/mol. The second-order valence-electron chi connectivity index (χ2n) is 3.73. The van der Waals surface area contributed by atoms with E-state index in [-0.39, 0.29) is 30.3 Å². The molecule has 1 amide bonds. The van der Waals surface area contributed by atoms with Crippen LogP contribution in [0.25, 0.3) is 0 Å². The van der Waals surface area contributed by atoms with Gasteiger partial charge < -0.3 is 10.4 Å². The molecule has 1 fully saturated rings. The summed E-state index contributed by atoms with van der Waals surface area (Å²) in [5.74, 6) is -0.815. The molecule has 2 rings (SSSR count). The Morgan fingerprint density at radius 1 is 1.53 bits per heavy atom. The van der Waals surface area contributed by atoms with Gasteiger partial charge in [-0.05, 0) is 24.1 Å². The molecule has 0 radical (unpaired) electrons. The first-order chi connectivity index (χ1) is 7.20. The van der Waals surface area contributed by atoms with Crippen LogP contribution in [-0.4, -0.2) is 23.7 Å². The van der Waals surface area contributed by atoms with Gasteiger partial charge in [-0.1, -0.05) is 12.1 Å². The zero-order chi connectivity index (χ0) is 10.8. The van der Waals surface area contributed by atoms with Crippen molar-refractivity contribution in [3.8, 4) is 0 Å². The summed E-state index contributed by atoms with van der Waals surface area (Å²) >= 11 is 0. The van der Waals surface area contributed by atoms with E-state index < -0.39 is 0 Å². The number of aliphatic hydroxyl groups is 1. The van der Waals surface area contributed by atoms with Gasteiger partial charge in [0, 0.05) is 0 Å². The number of rotatable bonds is 2. The van der Waals surface area contributed by atoms with Gasteiger partial charge in [-0.25, -0.2) is 4.39 Å². The van der Waals surface area contributed by atoms with Crippen LogP contribution in [0.4, 0.5) is 4.39 Å². The lowest BCUT2D eigenvalue weighted by Gasteiger charge is -2.06. The number of benzene rings is 1. The molecule has 80 valence electrons. The van der Waals surface area contributed by atoms with E-state index in [0.29, 0.717) is 12.0 Å². The molecule has 1 heterocycles. The van der Waals surface area contributed by atoms with Gasteiger partial charge in [0.1, 0.15) is 5.82 Å².